The van der Waals surface area contributed by atoms with Crippen LogP contribution < -0.4 is 5.32 Å². The van der Waals surface area contributed by atoms with Crippen LogP contribution in [0.5, 0.6) is 0 Å². The normalized spacial score (nSPS) is 15.6. The third-order valence-electron chi connectivity index (χ3n) is 7.76. The number of hydrogen-bond acceptors (Lipinski definition) is 7. The minimum atomic E-state index is -1.18. The van der Waals surface area contributed by atoms with Gasteiger partial charge in [0.25, 0.3) is 5.91 Å². The van der Waals surface area contributed by atoms with Gasteiger partial charge in [-0.2, -0.15) is 5.26 Å². The number of carbonyl (C=O) groups excluding carboxylic acids is 2. The van der Waals surface area contributed by atoms with Crippen LogP contribution in [-0.4, -0.2) is 45.3 Å². The van der Waals surface area contributed by atoms with E-state index in [0.717, 1.165) is 18.4 Å². The van der Waals surface area contributed by atoms with E-state index in [9.17, 15) is 19.2 Å². The Balaban J connectivity index is 1.60. The summed E-state index contributed by atoms with van der Waals surface area (Å²) in [5, 5.41) is 21.3. The van der Waals surface area contributed by atoms with Gasteiger partial charge in [0.2, 0.25) is 11.8 Å². The number of nitrogens with zero attached hydrogens (tertiary/aromatic N) is 4. The van der Waals surface area contributed by atoms with Gasteiger partial charge in [0.1, 0.15) is 23.0 Å². The zero-order valence-corrected chi connectivity index (χ0v) is 27.1. The molecule has 5 rings (SSSR count). The van der Waals surface area contributed by atoms with Crippen molar-refractivity contribution >= 4 is 12.0 Å². The first-order valence-corrected chi connectivity index (χ1v) is 15.4. The zero-order valence-electron chi connectivity index (χ0n) is 27.1. The molecule has 0 saturated carbocycles. The molecule has 2 amide bonds. The number of amides is 2. The van der Waals surface area contributed by atoms with Crippen molar-refractivity contribution < 1.29 is 23.1 Å². The van der Waals surface area contributed by atoms with Crippen LogP contribution in [-0.2, 0) is 16.7 Å². The van der Waals surface area contributed by atoms with Crippen molar-refractivity contribution in [3.8, 4) is 40.5 Å². The molecule has 1 fully saturated rings. The van der Waals surface area contributed by atoms with Gasteiger partial charge in [0.05, 0.1) is 11.6 Å². The van der Waals surface area contributed by atoms with Crippen molar-refractivity contribution in [1.82, 2.24) is 20.4 Å². The Bertz CT molecular complexity index is 1900. The average molecular weight is 634 g/mol. The second-order valence-electron chi connectivity index (χ2n) is 12.7. The summed E-state index contributed by atoms with van der Waals surface area (Å²) in [5.41, 5.74) is 0.269. The zero-order chi connectivity index (χ0) is 33.8. The third kappa shape index (κ3) is 7.50. The van der Waals surface area contributed by atoms with Crippen molar-refractivity contribution in [3.05, 3.63) is 95.1 Å². The fraction of sp³-hybridized carbons (Fsp3) is 0.324. The van der Waals surface area contributed by atoms with E-state index in [1.165, 1.54) is 12.1 Å². The van der Waals surface area contributed by atoms with Gasteiger partial charge in [0, 0.05) is 29.7 Å². The van der Waals surface area contributed by atoms with Crippen LogP contribution in [0.15, 0.2) is 71.1 Å². The minimum absolute atomic E-state index is 0.0717. The molecule has 10 heteroatoms. The molecule has 9 nitrogen and oxygen atoms in total. The first-order chi connectivity index (χ1) is 22.4. The lowest BCUT2D eigenvalue weighted by molar-refractivity contribution is 0.0443. The highest BCUT2D eigenvalue weighted by atomic mass is 19.1. The number of benzene rings is 3. The first-order valence-electron chi connectivity index (χ1n) is 15.4. The van der Waals surface area contributed by atoms with Crippen molar-refractivity contribution in [2.24, 2.45) is 0 Å². The number of halogens is 1. The van der Waals surface area contributed by atoms with Gasteiger partial charge in [-0.1, -0.05) is 48.4 Å². The molecule has 240 valence electrons. The molecule has 47 heavy (non-hydrogen) atoms. The monoisotopic (exact) mass is 633 g/mol. The molecule has 0 aliphatic carbocycles. The topological polar surface area (TPSA) is 121 Å². The Kier molecular flexibility index (Phi) is 9.44. The Morgan fingerprint density at radius 1 is 1.06 bits per heavy atom. The SMILES string of the molecule is CC#C[C@H]1CCCN1C(=O)c1cc(-c2nnc([C@@](C)(Cc3ccccc3)NC(=O)OC(C)(C)C)o2)cc(-c2cccc(F)c2C#N)c1. The summed E-state index contributed by atoms with van der Waals surface area (Å²) in [5.74, 6) is 5.27. The number of nitrogens with one attached hydrogen (secondary N) is 1. The van der Waals surface area contributed by atoms with Crippen LogP contribution in [0.4, 0.5) is 9.18 Å². The largest absolute Gasteiger partial charge is 0.444 e. The molecule has 1 aliphatic rings. The van der Waals surface area contributed by atoms with Crippen molar-refractivity contribution in [2.45, 2.75) is 71.1 Å². The van der Waals surface area contributed by atoms with E-state index in [0.29, 0.717) is 35.2 Å². The van der Waals surface area contributed by atoms with Crippen LogP contribution in [0, 0.1) is 29.0 Å². The molecular formula is C37H36FN5O4. The van der Waals surface area contributed by atoms with E-state index in [2.05, 4.69) is 27.4 Å². The fourth-order valence-corrected chi connectivity index (χ4v) is 5.67. The molecule has 0 bridgehead atoms. The van der Waals surface area contributed by atoms with E-state index in [-0.39, 0.29) is 29.3 Å². The Morgan fingerprint density at radius 2 is 1.81 bits per heavy atom. The highest BCUT2D eigenvalue weighted by Crippen LogP contribution is 2.34. The lowest BCUT2D eigenvalue weighted by Crippen LogP contribution is -2.47. The standard InChI is InChI=1S/C37H36FN5O4/c1-6-12-28-15-11-18-43(28)33(44)27-20-25(29-16-10-17-31(38)30(29)23-39)19-26(21-27)32-41-42-34(46-32)37(5,22-24-13-8-7-9-14-24)40-35(45)47-36(2,3)4/h7-10,13-14,16-17,19-21,28H,11,15,18,22H2,1-5H3,(H,40,45)/t28-,37+/m0/s1. The summed E-state index contributed by atoms with van der Waals surface area (Å²) in [6, 6.07) is 20.5. The minimum Gasteiger partial charge on any atom is -0.444 e. The highest BCUT2D eigenvalue weighted by molar-refractivity contribution is 5.97. The second-order valence-corrected chi connectivity index (χ2v) is 12.7. The molecule has 0 unspecified atom stereocenters. The number of likely N-dealkylation sites (tertiary alicyclic amines) is 1. The number of alkyl carbamates (subject to hydrolysis) is 1. The van der Waals surface area contributed by atoms with E-state index >= 15 is 0 Å². The van der Waals surface area contributed by atoms with E-state index in [1.807, 2.05) is 36.4 Å². The lowest BCUT2D eigenvalue weighted by Gasteiger charge is -2.29. The quantitative estimate of drug-likeness (QED) is 0.217. The van der Waals surface area contributed by atoms with E-state index in [4.69, 9.17) is 9.15 Å². The third-order valence-corrected chi connectivity index (χ3v) is 7.76. The molecule has 4 aromatic rings. The number of ether oxygens (including phenoxy) is 1. The van der Waals surface area contributed by atoms with Gasteiger partial charge in [-0.3, -0.25) is 4.79 Å². The van der Waals surface area contributed by atoms with Crippen molar-refractivity contribution in [2.75, 3.05) is 6.54 Å². The average Bonchev–Trinajstić information content (AvgIpc) is 3.71. The molecule has 2 heterocycles. The number of nitriles is 1. The maximum Gasteiger partial charge on any atom is 0.408 e. The summed E-state index contributed by atoms with van der Waals surface area (Å²) < 4.78 is 26.5. The van der Waals surface area contributed by atoms with Crippen LogP contribution >= 0.6 is 0 Å². The van der Waals surface area contributed by atoms with Gasteiger partial charge < -0.3 is 19.4 Å². The summed E-state index contributed by atoms with van der Waals surface area (Å²) >= 11 is 0. The summed E-state index contributed by atoms with van der Waals surface area (Å²) in [6.45, 7) is 9.36. The predicted molar refractivity (Wildman–Crippen MR) is 174 cm³/mol. The number of hydrogen-bond donors (Lipinski definition) is 1. The molecule has 1 saturated heterocycles. The molecule has 3 aromatic carbocycles. The van der Waals surface area contributed by atoms with E-state index < -0.39 is 23.1 Å². The van der Waals surface area contributed by atoms with Crippen LogP contribution in [0.3, 0.4) is 0 Å². The summed E-state index contributed by atoms with van der Waals surface area (Å²) in [4.78, 5) is 28.6. The maximum atomic E-state index is 14.7. The Hall–Kier alpha value is -5.48. The second kappa shape index (κ2) is 13.5. The number of rotatable bonds is 7. The van der Waals surface area contributed by atoms with Crippen LogP contribution in [0.2, 0.25) is 0 Å². The smallest absolute Gasteiger partial charge is 0.408 e. The highest BCUT2D eigenvalue weighted by Gasteiger charge is 2.37. The lowest BCUT2D eigenvalue weighted by atomic mass is 9.92. The summed E-state index contributed by atoms with van der Waals surface area (Å²) in [6.07, 6.45) is 1.23. The molecule has 2 atom stereocenters. The van der Waals surface area contributed by atoms with Gasteiger partial charge in [0.15, 0.2) is 0 Å². The molecule has 0 spiro atoms. The maximum absolute atomic E-state index is 14.7. The molecule has 1 aliphatic heterocycles. The number of aromatic nitrogens is 2. The first kappa shape index (κ1) is 32.9. The van der Waals surface area contributed by atoms with E-state index in [1.54, 1.807) is 63.8 Å². The number of carbonyl (C=O) groups is 2. The molecule has 0 radical (unpaired) electrons. The van der Waals surface area contributed by atoms with Crippen LogP contribution in [0.25, 0.3) is 22.6 Å². The Labute approximate surface area is 273 Å². The molecular weight excluding hydrogens is 597 g/mol. The van der Waals surface area contributed by atoms with Gasteiger partial charge in [-0.25, -0.2) is 9.18 Å². The molecule has 1 N–H and O–H groups in total. The predicted octanol–water partition coefficient (Wildman–Crippen LogP) is 7.02. The van der Waals surface area contributed by atoms with Gasteiger partial charge >= 0.3 is 6.09 Å². The molecule has 1 aromatic heterocycles. The van der Waals surface area contributed by atoms with Crippen molar-refractivity contribution in [3.63, 3.8) is 0 Å². The summed E-state index contributed by atoms with van der Waals surface area (Å²) in [7, 11) is 0. The van der Waals surface area contributed by atoms with Crippen molar-refractivity contribution in [1.29, 1.82) is 5.26 Å². The van der Waals surface area contributed by atoms with Gasteiger partial charge in [-0.05, 0) is 82.9 Å². The van der Waals surface area contributed by atoms with Gasteiger partial charge in [-0.15, -0.1) is 16.1 Å². The Morgan fingerprint density at radius 3 is 2.51 bits per heavy atom. The van der Waals surface area contributed by atoms with Crippen LogP contribution in [0.1, 0.15) is 74.8 Å². The fourth-order valence-electron chi connectivity index (χ4n) is 5.67.